The normalized spacial score (nSPS) is 27.1. The second kappa shape index (κ2) is 19.5. The van der Waals surface area contributed by atoms with E-state index in [1.165, 1.54) is 19.3 Å². The van der Waals surface area contributed by atoms with Crippen molar-refractivity contribution in [3.63, 3.8) is 0 Å². The average Bonchev–Trinajstić information content (AvgIpc) is 3.01. The fourth-order valence-corrected chi connectivity index (χ4v) is 7.90. The van der Waals surface area contributed by atoms with Gasteiger partial charge in [-0.3, -0.25) is 19.8 Å². The minimum Gasteiger partial charge on any atom is -0.393 e. The van der Waals surface area contributed by atoms with Crippen molar-refractivity contribution in [2.45, 2.75) is 142 Å². The second-order valence-electron chi connectivity index (χ2n) is 14.2. The van der Waals surface area contributed by atoms with Gasteiger partial charge in [0, 0.05) is 50.9 Å². The molecule has 45 heavy (non-hydrogen) atoms. The van der Waals surface area contributed by atoms with E-state index in [4.69, 9.17) is 0 Å². The summed E-state index contributed by atoms with van der Waals surface area (Å²) in [7, 11) is 1.77. The van der Waals surface area contributed by atoms with Crippen LogP contribution in [0.15, 0.2) is 0 Å². The van der Waals surface area contributed by atoms with Gasteiger partial charge in [-0.15, -0.1) is 11.8 Å². The van der Waals surface area contributed by atoms with Crippen LogP contribution in [0.5, 0.6) is 0 Å². The molecule has 4 N–H and O–H groups in total. The van der Waals surface area contributed by atoms with Crippen molar-refractivity contribution in [2.24, 2.45) is 29.6 Å². The summed E-state index contributed by atoms with van der Waals surface area (Å²) in [6, 6.07) is -0.501. The van der Waals surface area contributed by atoms with Crippen molar-refractivity contribution in [1.82, 2.24) is 20.7 Å². The molecule has 5 atom stereocenters. The summed E-state index contributed by atoms with van der Waals surface area (Å²) >= 11 is 0. The van der Waals surface area contributed by atoms with Crippen LogP contribution in [-0.2, 0) is 14.4 Å². The van der Waals surface area contributed by atoms with Gasteiger partial charge in [-0.25, -0.2) is 5.01 Å². The molecule has 3 saturated carbocycles. The van der Waals surface area contributed by atoms with Crippen molar-refractivity contribution in [3.05, 3.63) is 0 Å². The number of nitrogens with zero attached hydrogens (tertiary/aromatic N) is 2. The number of aliphatic hydroxyl groups excluding tert-OH is 2. The van der Waals surface area contributed by atoms with Crippen LogP contribution in [0.25, 0.3) is 0 Å². The van der Waals surface area contributed by atoms with Gasteiger partial charge in [0.25, 0.3) is 0 Å². The van der Waals surface area contributed by atoms with Gasteiger partial charge < -0.3 is 20.4 Å². The van der Waals surface area contributed by atoms with Gasteiger partial charge in [0.15, 0.2) is 0 Å². The van der Waals surface area contributed by atoms with Crippen molar-refractivity contribution in [2.75, 3.05) is 26.7 Å². The van der Waals surface area contributed by atoms with E-state index >= 15 is 0 Å². The van der Waals surface area contributed by atoms with Crippen LogP contribution in [0.1, 0.15) is 124 Å². The molecule has 3 rings (SSSR count). The number of nitrogens with one attached hydrogen (secondary N) is 2. The Bertz CT molecular complexity index is 976. The molecule has 3 fully saturated rings. The van der Waals surface area contributed by atoms with E-state index in [0.29, 0.717) is 38.0 Å². The van der Waals surface area contributed by atoms with Crippen molar-refractivity contribution >= 4 is 17.7 Å². The van der Waals surface area contributed by atoms with Crippen LogP contribution < -0.4 is 10.7 Å². The third-order valence-electron chi connectivity index (χ3n) is 10.2. The first-order valence-corrected chi connectivity index (χ1v) is 18.0. The molecule has 0 aliphatic heterocycles. The number of rotatable bonds is 15. The fraction of sp³-hybridized carbons (Fsp3) is 0.861. The number of carbonyl (C=O) groups excluding carboxylic acids is 3. The van der Waals surface area contributed by atoms with Gasteiger partial charge in [0.2, 0.25) is 17.7 Å². The molecule has 3 aliphatic carbocycles. The highest BCUT2D eigenvalue weighted by molar-refractivity contribution is 5.83. The van der Waals surface area contributed by atoms with E-state index in [2.05, 4.69) is 36.4 Å². The fourth-order valence-electron chi connectivity index (χ4n) is 7.90. The standard InChI is InChI=1S/C36H62N4O5/c1-5-11-28-20-29(24-30(21-28)36(45)40(18-6-2)19-7-3)35(44)37-32(22-27-14-16-31(41)17-15-27)33(42)25-39(4)38-34(43)23-26-12-9-8-10-13-26/h26-33,41-42H,6-10,12-25H2,1-4H3,(H,37,44)(H,38,43). The molecule has 0 aromatic heterocycles. The molecule has 0 aromatic carbocycles. The van der Waals surface area contributed by atoms with E-state index < -0.39 is 12.1 Å². The highest BCUT2D eigenvalue weighted by Crippen LogP contribution is 2.35. The Hall–Kier alpha value is -2.15. The Morgan fingerprint density at radius 2 is 1.53 bits per heavy atom. The zero-order chi connectivity index (χ0) is 32.8. The molecule has 3 amide bonds. The molecule has 9 nitrogen and oxygen atoms in total. The number of hydrazine groups is 1. The summed E-state index contributed by atoms with van der Waals surface area (Å²) < 4.78 is 0. The van der Waals surface area contributed by atoms with Crippen LogP contribution in [0, 0.1) is 41.4 Å². The average molecular weight is 631 g/mol. The Balaban J connectivity index is 1.68. The number of hydrogen-bond acceptors (Lipinski definition) is 6. The largest absolute Gasteiger partial charge is 0.393 e. The zero-order valence-electron chi connectivity index (χ0n) is 28.6. The molecule has 9 heteroatoms. The molecule has 3 aliphatic rings. The van der Waals surface area contributed by atoms with Crippen LogP contribution in [0.2, 0.25) is 0 Å². The molecule has 0 saturated heterocycles. The Kier molecular flexibility index (Phi) is 16.2. The van der Waals surface area contributed by atoms with Gasteiger partial charge in [-0.2, -0.15) is 0 Å². The number of likely N-dealkylation sites (N-methyl/N-ethyl adjacent to an activating group) is 1. The molecule has 5 unspecified atom stereocenters. The molecule has 0 radical (unpaired) electrons. The van der Waals surface area contributed by atoms with Gasteiger partial charge in [0.1, 0.15) is 0 Å². The van der Waals surface area contributed by atoms with E-state index in [-0.39, 0.29) is 54.0 Å². The lowest BCUT2D eigenvalue weighted by atomic mass is 9.74. The summed E-state index contributed by atoms with van der Waals surface area (Å²) in [5.41, 5.74) is 2.94. The minimum absolute atomic E-state index is 0.0210. The third-order valence-corrected chi connectivity index (χ3v) is 10.2. The van der Waals surface area contributed by atoms with Gasteiger partial charge >= 0.3 is 0 Å². The summed E-state index contributed by atoms with van der Waals surface area (Å²) in [6.07, 6.45) is 12.5. The van der Waals surface area contributed by atoms with Crippen molar-refractivity contribution in [1.29, 1.82) is 0 Å². The lowest BCUT2D eigenvalue weighted by Crippen LogP contribution is -2.53. The Morgan fingerprint density at radius 1 is 0.889 bits per heavy atom. The minimum atomic E-state index is -0.891. The number of carbonyl (C=O) groups is 3. The Labute approximate surface area is 272 Å². The van der Waals surface area contributed by atoms with E-state index in [1.807, 2.05) is 4.90 Å². The topological polar surface area (TPSA) is 122 Å². The maximum absolute atomic E-state index is 13.9. The lowest BCUT2D eigenvalue weighted by Gasteiger charge is -2.37. The summed E-state index contributed by atoms with van der Waals surface area (Å²) in [5.74, 6) is 6.32. The number of hydrogen-bond donors (Lipinski definition) is 4. The number of aliphatic hydroxyl groups is 2. The second-order valence-corrected chi connectivity index (χ2v) is 14.2. The quantitative estimate of drug-likeness (QED) is 0.157. The van der Waals surface area contributed by atoms with Crippen molar-refractivity contribution < 1.29 is 24.6 Å². The van der Waals surface area contributed by atoms with Gasteiger partial charge in [0.05, 0.1) is 18.2 Å². The van der Waals surface area contributed by atoms with E-state index in [9.17, 15) is 24.6 Å². The molecular formula is C36H62N4O5. The zero-order valence-corrected chi connectivity index (χ0v) is 28.6. The number of amides is 3. The molecule has 256 valence electrons. The third kappa shape index (κ3) is 12.5. The molecule has 0 aromatic rings. The first-order chi connectivity index (χ1) is 21.6. The van der Waals surface area contributed by atoms with Gasteiger partial charge in [-0.1, -0.05) is 33.1 Å². The molecule has 0 spiro atoms. The predicted molar refractivity (Wildman–Crippen MR) is 177 cm³/mol. The smallest absolute Gasteiger partial charge is 0.234 e. The lowest BCUT2D eigenvalue weighted by molar-refractivity contribution is -0.139. The molecule has 0 bridgehead atoms. The summed E-state index contributed by atoms with van der Waals surface area (Å²) in [4.78, 5) is 42.2. The first-order valence-electron chi connectivity index (χ1n) is 18.0. The summed E-state index contributed by atoms with van der Waals surface area (Å²) in [5, 5.41) is 26.4. The maximum atomic E-state index is 13.9. The first kappa shape index (κ1) is 37.3. The van der Waals surface area contributed by atoms with Crippen LogP contribution in [0.3, 0.4) is 0 Å². The van der Waals surface area contributed by atoms with Crippen LogP contribution in [0.4, 0.5) is 0 Å². The highest BCUT2D eigenvalue weighted by Gasteiger charge is 2.39. The summed E-state index contributed by atoms with van der Waals surface area (Å²) in [6.45, 7) is 7.60. The molecule has 0 heterocycles. The SMILES string of the molecule is CC#CC1CC(C(=O)NC(CC2CCC(O)CC2)C(O)CN(C)NC(=O)CC2CCCCC2)CC(C(=O)N(CCC)CCC)C1. The predicted octanol–water partition coefficient (Wildman–Crippen LogP) is 4.41. The van der Waals surface area contributed by atoms with Crippen LogP contribution >= 0.6 is 0 Å². The maximum Gasteiger partial charge on any atom is 0.234 e. The van der Waals surface area contributed by atoms with Crippen molar-refractivity contribution in [3.8, 4) is 11.8 Å². The van der Waals surface area contributed by atoms with Crippen LogP contribution in [-0.4, -0.2) is 82.8 Å². The Morgan fingerprint density at radius 3 is 2.16 bits per heavy atom. The molecular weight excluding hydrogens is 568 g/mol. The van der Waals surface area contributed by atoms with E-state index in [0.717, 1.165) is 64.5 Å². The van der Waals surface area contributed by atoms with E-state index in [1.54, 1.807) is 19.0 Å². The monoisotopic (exact) mass is 630 g/mol. The highest BCUT2D eigenvalue weighted by atomic mass is 16.3. The van der Waals surface area contributed by atoms with Gasteiger partial charge in [-0.05, 0) is 95.8 Å².